The molecule has 0 fully saturated rings. The summed E-state index contributed by atoms with van der Waals surface area (Å²) in [5, 5.41) is 3.97. The summed E-state index contributed by atoms with van der Waals surface area (Å²) in [6.07, 6.45) is 0. The predicted octanol–water partition coefficient (Wildman–Crippen LogP) is 3.81. The van der Waals surface area contributed by atoms with Crippen molar-refractivity contribution < 1.29 is 4.52 Å². The number of nitrogens with zero attached hydrogens (tertiary/aromatic N) is 2. The number of thiophene rings is 1. The number of halogens is 1. The third-order valence-electron chi connectivity index (χ3n) is 2.41. The molecule has 3 rings (SSSR count). The average molecular weight is 322 g/mol. The SMILES string of the molecule is Nc1ccccc1-c1nc(-c2ccc(Br)s2)no1. The fourth-order valence-electron chi connectivity index (χ4n) is 1.56. The van der Waals surface area contributed by atoms with Crippen LogP contribution in [0.5, 0.6) is 0 Å². The van der Waals surface area contributed by atoms with Gasteiger partial charge < -0.3 is 10.3 Å². The Morgan fingerprint density at radius 1 is 1.17 bits per heavy atom. The van der Waals surface area contributed by atoms with E-state index in [1.54, 1.807) is 17.4 Å². The Kier molecular flexibility index (Phi) is 2.89. The lowest BCUT2D eigenvalue weighted by Crippen LogP contribution is -1.88. The summed E-state index contributed by atoms with van der Waals surface area (Å²) < 4.78 is 6.28. The lowest BCUT2D eigenvalue weighted by atomic mass is 10.2. The van der Waals surface area contributed by atoms with Crippen molar-refractivity contribution in [3.8, 4) is 22.2 Å². The van der Waals surface area contributed by atoms with Gasteiger partial charge in [-0.25, -0.2) is 0 Å². The van der Waals surface area contributed by atoms with Crippen LogP contribution in [0, 0.1) is 0 Å². The zero-order chi connectivity index (χ0) is 12.5. The van der Waals surface area contributed by atoms with Crippen LogP contribution in [0.3, 0.4) is 0 Å². The number of rotatable bonds is 2. The van der Waals surface area contributed by atoms with E-state index in [4.69, 9.17) is 10.3 Å². The predicted molar refractivity (Wildman–Crippen MR) is 75.2 cm³/mol. The molecule has 0 spiro atoms. The Bertz CT molecular complexity index is 692. The number of anilines is 1. The maximum absolute atomic E-state index is 5.87. The summed E-state index contributed by atoms with van der Waals surface area (Å²) in [6, 6.07) is 11.3. The minimum atomic E-state index is 0.438. The lowest BCUT2D eigenvalue weighted by molar-refractivity contribution is 0.432. The van der Waals surface area contributed by atoms with Crippen LogP contribution in [0.15, 0.2) is 44.7 Å². The van der Waals surface area contributed by atoms with Crippen molar-refractivity contribution in [2.75, 3.05) is 5.73 Å². The Morgan fingerprint density at radius 3 is 2.72 bits per heavy atom. The van der Waals surface area contributed by atoms with Gasteiger partial charge in [-0.05, 0) is 40.2 Å². The molecular weight excluding hydrogens is 314 g/mol. The molecular formula is C12H8BrN3OS. The molecule has 0 amide bonds. The van der Waals surface area contributed by atoms with E-state index in [1.165, 1.54) is 0 Å². The van der Waals surface area contributed by atoms with E-state index in [9.17, 15) is 0 Å². The largest absolute Gasteiger partial charge is 0.398 e. The second kappa shape index (κ2) is 4.55. The molecule has 2 heterocycles. The number of aromatic nitrogens is 2. The molecule has 0 unspecified atom stereocenters. The summed E-state index contributed by atoms with van der Waals surface area (Å²) >= 11 is 4.96. The lowest BCUT2D eigenvalue weighted by Gasteiger charge is -1.97. The topological polar surface area (TPSA) is 64.9 Å². The third kappa shape index (κ3) is 2.04. The van der Waals surface area contributed by atoms with Gasteiger partial charge >= 0.3 is 0 Å². The average Bonchev–Trinajstić information content (AvgIpc) is 2.98. The van der Waals surface area contributed by atoms with Crippen LogP contribution in [0.2, 0.25) is 0 Å². The normalized spacial score (nSPS) is 10.7. The number of para-hydroxylation sites is 1. The Balaban J connectivity index is 2.02. The second-order valence-corrected chi connectivity index (χ2v) is 6.08. The van der Waals surface area contributed by atoms with Crippen molar-refractivity contribution in [2.24, 2.45) is 0 Å². The van der Waals surface area contributed by atoms with Crippen LogP contribution < -0.4 is 5.73 Å². The molecule has 0 radical (unpaired) electrons. The molecule has 0 saturated heterocycles. The van der Waals surface area contributed by atoms with Gasteiger partial charge in [0.2, 0.25) is 5.82 Å². The molecule has 1 aromatic carbocycles. The molecule has 0 bridgehead atoms. The smallest absolute Gasteiger partial charge is 0.260 e. The van der Waals surface area contributed by atoms with E-state index in [-0.39, 0.29) is 0 Å². The Morgan fingerprint density at radius 2 is 2.00 bits per heavy atom. The van der Waals surface area contributed by atoms with E-state index in [1.807, 2.05) is 30.3 Å². The van der Waals surface area contributed by atoms with E-state index < -0.39 is 0 Å². The highest BCUT2D eigenvalue weighted by Crippen LogP contribution is 2.31. The maximum Gasteiger partial charge on any atom is 0.260 e. The first-order valence-corrected chi connectivity index (χ1v) is 6.79. The molecule has 2 aromatic heterocycles. The minimum absolute atomic E-state index is 0.438. The summed E-state index contributed by atoms with van der Waals surface area (Å²) in [6.45, 7) is 0. The van der Waals surface area contributed by atoms with Crippen molar-refractivity contribution >= 4 is 33.0 Å². The summed E-state index contributed by atoms with van der Waals surface area (Å²) in [4.78, 5) is 5.31. The molecule has 2 N–H and O–H groups in total. The van der Waals surface area contributed by atoms with E-state index >= 15 is 0 Å². The van der Waals surface area contributed by atoms with E-state index in [2.05, 4.69) is 26.1 Å². The number of hydrogen-bond acceptors (Lipinski definition) is 5. The fourth-order valence-corrected chi connectivity index (χ4v) is 2.87. The molecule has 18 heavy (non-hydrogen) atoms. The molecule has 90 valence electrons. The zero-order valence-electron chi connectivity index (χ0n) is 9.13. The van der Waals surface area contributed by atoms with Crippen LogP contribution in [-0.4, -0.2) is 10.1 Å². The maximum atomic E-state index is 5.87. The van der Waals surface area contributed by atoms with Crippen molar-refractivity contribution in [1.82, 2.24) is 10.1 Å². The van der Waals surface area contributed by atoms with Crippen molar-refractivity contribution in [3.63, 3.8) is 0 Å². The molecule has 6 heteroatoms. The highest BCUT2D eigenvalue weighted by molar-refractivity contribution is 9.11. The van der Waals surface area contributed by atoms with Gasteiger partial charge in [0.25, 0.3) is 5.89 Å². The molecule has 0 atom stereocenters. The van der Waals surface area contributed by atoms with Gasteiger partial charge in [0.1, 0.15) is 0 Å². The van der Waals surface area contributed by atoms with Crippen LogP contribution >= 0.6 is 27.3 Å². The molecule has 4 nitrogen and oxygen atoms in total. The van der Waals surface area contributed by atoms with Crippen LogP contribution in [0.4, 0.5) is 5.69 Å². The standard InChI is InChI=1S/C12H8BrN3OS/c13-10-6-5-9(18-10)11-15-12(17-16-11)7-3-1-2-4-8(7)14/h1-6H,14H2. The van der Waals surface area contributed by atoms with E-state index in [0.717, 1.165) is 14.2 Å². The first kappa shape index (κ1) is 11.4. The first-order chi connectivity index (χ1) is 8.74. The monoisotopic (exact) mass is 321 g/mol. The minimum Gasteiger partial charge on any atom is -0.398 e. The fraction of sp³-hybridized carbons (Fsp3) is 0. The number of hydrogen-bond donors (Lipinski definition) is 1. The number of nitrogen functional groups attached to an aromatic ring is 1. The molecule has 3 aromatic rings. The highest BCUT2D eigenvalue weighted by atomic mass is 79.9. The van der Waals surface area contributed by atoms with Crippen LogP contribution in [0.1, 0.15) is 0 Å². The molecule has 0 aliphatic rings. The molecule has 0 aliphatic carbocycles. The van der Waals surface area contributed by atoms with Gasteiger partial charge in [-0.1, -0.05) is 17.3 Å². The van der Waals surface area contributed by atoms with Crippen molar-refractivity contribution in [3.05, 3.63) is 40.2 Å². The van der Waals surface area contributed by atoms with Gasteiger partial charge in [-0.3, -0.25) is 0 Å². The summed E-state index contributed by atoms with van der Waals surface area (Å²) in [5.41, 5.74) is 7.25. The van der Waals surface area contributed by atoms with Crippen molar-refractivity contribution in [1.29, 1.82) is 0 Å². The summed E-state index contributed by atoms with van der Waals surface area (Å²) in [7, 11) is 0. The van der Waals surface area contributed by atoms with Gasteiger partial charge in [-0.15, -0.1) is 11.3 Å². The summed E-state index contributed by atoms with van der Waals surface area (Å²) in [5.74, 6) is 1.01. The molecule has 0 saturated carbocycles. The van der Waals surface area contributed by atoms with Crippen molar-refractivity contribution in [2.45, 2.75) is 0 Å². The van der Waals surface area contributed by atoms with Crippen LogP contribution in [-0.2, 0) is 0 Å². The van der Waals surface area contributed by atoms with Gasteiger partial charge in [0, 0.05) is 5.69 Å². The second-order valence-electron chi connectivity index (χ2n) is 3.61. The third-order valence-corrected chi connectivity index (χ3v) is 4.03. The highest BCUT2D eigenvalue weighted by Gasteiger charge is 2.13. The Labute approximate surface area is 116 Å². The molecule has 0 aliphatic heterocycles. The Hall–Kier alpha value is -1.66. The number of nitrogens with two attached hydrogens (primary N) is 1. The van der Waals surface area contributed by atoms with Gasteiger partial charge in [0.15, 0.2) is 0 Å². The quantitative estimate of drug-likeness (QED) is 0.729. The first-order valence-electron chi connectivity index (χ1n) is 5.18. The number of benzene rings is 1. The van der Waals surface area contributed by atoms with Crippen LogP contribution in [0.25, 0.3) is 22.2 Å². The van der Waals surface area contributed by atoms with Gasteiger partial charge in [0.05, 0.1) is 14.2 Å². The van der Waals surface area contributed by atoms with E-state index in [0.29, 0.717) is 17.4 Å². The zero-order valence-corrected chi connectivity index (χ0v) is 11.5. The van der Waals surface area contributed by atoms with Gasteiger partial charge in [-0.2, -0.15) is 4.98 Å².